The van der Waals surface area contributed by atoms with E-state index < -0.39 is 31.3 Å². The highest BCUT2D eigenvalue weighted by atomic mass is 31.2. The van der Waals surface area contributed by atoms with E-state index in [0.29, 0.717) is 18.4 Å². The number of amides is 1. The van der Waals surface area contributed by atoms with Crippen molar-refractivity contribution in [3.05, 3.63) is 35.9 Å². The summed E-state index contributed by atoms with van der Waals surface area (Å²) in [4.78, 5) is 26.5. The number of rotatable bonds is 7. The molecule has 1 heterocycles. The first-order chi connectivity index (χ1) is 12.0. The van der Waals surface area contributed by atoms with Crippen molar-refractivity contribution >= 4 is 19.5 Å². The third-order valence-corrected chi connectivity index (χ3v) is 6.54. The summed E-state index contributed by atoms with van der Waals surface area (Å²) in [5.41, 5.74) is 0.405. The molecule has 0 N–H and O–H groups in total. The number of nitrogens with zero attached hydrogens (tertiary/aromatic N) is 1. The molecule has 138 valence electrons. The molecule has 25 heavy (non-hydrogen) atoms. The van der Waals surface area contributed by atoms with Gasteiger partial charge in [-0.1, -0.05) is 18.2 Å². The molecule has 1 aliphatic rings. The third-order valence-electron chi connectivity index (χ3n) is 4.07. The van der Waals surface area contributed by atoms with Crippen LogP contribution in [0, 0.1) is 0 Å². The molecule has 2 atom stereocenters. The standard InChI is InChI=1S/C17H24NO6P/c1-4-23-25(21,24-5-2)15-12-11-14(17(20)22-3)18(15)16(19)13-9-7-6-8-10-13/h6-10,14-15H,4-5,11-12H2,1-3H3/t14-,15?/m0/s1. The van der Waals surface area contributed by atoms with E-state index in [1.54, 1.807) is 44.2 Å². The van der Waals surface area contributed by atoms with Crippen molar-refractivity contribution in [2.45, 2.75) is 38.5 Å². The largest absolute Gasteiger partial charge is 0.467 e. The second-order valence-electron chi connectivity index (χ2n) is 5.55. The van der Waals surface area contributed by atoms with Gasteiger partial charge in [-0.3, -0.25) is 9.36 Å². The normalized spacial score (nSPS) is 20.5. The van der Waals surface area contributed by atoms with Crippen LogP contribution in [-0.4, -0.2) is 48.9 Å². The Morgan fingerprint density at radius 2 is 1.72 bits per heavy atom. The highest BCUT2D eigenvalue weighted by molar-refractivity contribution is 7.54. The summed E-state index contributed by atoms with van der Waals surface area (Å²) in [6.45, 7) is 3.79. The molecule has 0 bridgehead atoms. The monoisotopic (exact) mass is 369 g/mol. The minimum atomic E-state index is -3.59. The van der Waals surface area contributed by atoms with Crippen LogP contribution in [0.1, 0.15) is 37.0 Å². The summed E-state index contributed by atoms with van der Waals surface area (Å²) in [5.74, 6) is -1.74. The van der Waals surface area contributed by atoms with Crippen LogP contribution >= 0.6 is 7.60 Å². The Bertz CT molecular complexity index is 640. The first-order valence-corrected chi connectivity index (χ1v) is 9.94. The SMILES string of the molecule is CCOP(=O)(OCC)C1CC[C@@H](C(=O)OC)N1C(=O)c1ccccc1. The van der Waals surface area contributed by atoms with Crippen LogP contribution in [0.3, 0.4) is 0 Å². The van der Waals surface area contributed by atoms with Gasteiger partial charge in [0.1, 0.15) is 11.8 Å². The maximum absolute atomic E-state index is 13.2. The van der Waals surface area contributed by atoms with Gasteiger partial charge in [-0.25, -0.2) is 4.79 Å². The van der Waals surface area contributed by atoms with Crippen molar-refractivity contribution in [1.29, 1.82) is 0 Å². The first kappa shape index (κ1) is 19.6. The summed E-state index contributed by atoms with van der Waals surface area (Å²) in [5, 5.41) is 0. The molecule has 2 rings (SSSR count). The number of hydrogen-bond donors (Lipinski definition) is 0. The van der Waals surface area contributed by atoms with E-state index >= 15 is 0 Å². The molecule has 1 saturated heterocycles. The van der Waals surface area contributed by atoms with Gasteiger partial charge in [0.2, 0.25) is 0 Å². The van der Waals surface area contributed by atoms with Crippen molar-refractivity contribution in [3.63, 3.8) is 0 Å². The molecule has 7 nitrogen and oxygen atoms in total. The molecule has 1 amide bonds. The van der Waals surface area contributed by atoms with E-state index in [-0.39, 0.29) is 13.2 Å². The fourth-order valence-electron chi connectivity index (χ4n) is 3.05. The van der Waals surface area contributed by atoms with Gasteiger partial charge >= 0.3 is 13.6 Å². The molecule has 1 fully saturated rings. The quantitative estimate of drug-likeness (QED) is 0.543. The van der Waals surface area contributed by atoms with Crippen LogP contribution in [-0.2, 0) is 23.1 Å². The van der Waals surface area contributed by atoms with Crippen LogP contribution < -0.4 is 0 Å². The predicted octanol–water partition coefficient (Wildman–Crippen LogP) is 3.06. The molecule has 0 saturated carbocycles. The molecule has 8 heteroatoms. The van der Waals surface area contributed by atoms with E-state index in [1.807, 2.05) is 0 Å². The number of carbonyl (C=O) groups is 2. The lowest BCUT2D eigenvalue weighted by atomic mass is 10.1. The van der Waals surface area contributed by atoms with Crippen molar-refractivity contribution in [2.75, 3.05) is 20.3 Å². The Morgan fingerprint density at radius 3 is 2.24 bits per heavy atom. The Hall–Kier alpha value is -1.69. The zero-order chi connectivity index (χ0) is 18.4. The van der Waals surface area contributed by atoms with Gasteiger partial charge in [0.25, 0.3) is 5.91 Å². The summed E-state index contributed by atoms with van der Waals surface area (Å²) in [6, 6.07) is 7.75. The highest BCUT2D eigenvalue weighted by Crippen LogP contribution is 2.58. The molecule has 0 aromatic heterocycles. The van der Waals surface area contributed by atoms with Gasteiger partial charge in [-0.2, -0.15) is 0 Å². The Morgan fingerprint density at radius 1 is 1.12 bits per heavy atom. The van der Waals surface area contributed by atoms with E-state index in [9.17, 15) is 14.2 Å². The van der Waals surface area contributed by atoms with Crippen molar-refractivity contribution in [2.24, 2.45) is 0 Å². The number of ether oxygens (including phenoxy) is 1. The zero-order valence-electron chi connectivity index (χ0n) is 14.7. The molecule has 0 aliphatic carbocycles. The Kier molecular flexibility index (Phi) is 6.76. The van der Waals surface area contributed by atoms with Gasteiger partial charge in [-0.15, -0.1) is 0 Å². The Balaban J connectivity index is 2.42. The van der Waals surface area contributed by atoms with Crippen molar-refractivity contribution in [3.8, 4) is 0 Å². The molecule has 1 aliphatic heterocycles. The highest BCUT2D eigenvalue weighted by Gasteiger charge is 2.51. The third kappa shape index (κ3) is 4.11. The van der Waals surface area contributed by atoms with Crippen molar-refractivity contribution < 1.29 is 27.9 Å². The zero-order valence-corrected chi connectivity index (χ0v) is 15.6. The summed E-state index contributed by atoms with van der Waals surface area (Å²) >= 11 is 0. The van der Waals surface area contributed by atoms with E-state index in [1.165, 1.54) is 12.0 Å². The summed E-state index contributed by atoms with van der Waals surface area (Å²) in [7, 11) is -2.32. The lowest BCUT2D eigenvalue weighted by Gasteiger charge is -2.33. The second kappa shape index (κ2) is 8.61. The van der Waals surface area contributed by atoms with Gasteiger partial charge < -0.3 is 18.7 Å². The Labute approximate surface area is 147 Å². The molecular weight excluding hydrogens is 345 g/mol. The fraction of sp³-hybridized carbons (Fsp3) is 0.529. The van der Waals surface area contributed by atoms with Crippen molar-refractivity contribution in [1.82, 2.24) is 4.90 Å². The molecular formula is C17H24NO6P. The fourth-order valence-corrected chi connectivity index (χ4v) is 5.22. The minimum Gasteiger partial charge on any atom is -0.467 e. The predicted molar refractivity (Wildman–Crippen MR) is 92.3 cm³/mol. The van der Waals surface area contributed by atoms with E-state index in [0.717, 1.165) is 0 Å². The van der Waals surface area contributed by atoms with Crippen LogP contribution in [0.5, 0.6) is 0 Å². The number of carbonyl (C=O) groups excluding carboxylic acids is 2. The topological polar surface area (TPSA) is 82.1 Å². The van der Waals surface area contributed by atoms with Gasteiger partial charge in [0, 0.05) is 5.56 Å². The maximum Gasteiger partial charge on any atom is 0.352 e. The smallest absolute Gasteiger partial charge is 0.352 e. The average molecular weight is 369 g/mol. The van der Waals surface area contributed by atoms with Crippen LogP contribution in [0.4, 0.5) is 0 Å². The van der Waals surface area contributed by atoms with Gasteiger partial charge in [0.05, 0.1) is 20.3 Å². The van der Waals surface area contributed by atoms with E-state index in [2.05, 4.69) is 0 Å². The average Bonchev–Trinajstić information content (AvgIpc) is 3.07. The van der Waals surface area contributed by atoms with Gasteiger partial charge in [0.15, 0.2) is 0 Å². The maximum atomic E-state index is 13.2. The number of likely N-dealkylation sites (tertiary alicyclic amines) is 1. The van der Waals surface area contributed by atoms with Crippen LogP contribution in [0.15, 0.2) is 30.3 Å². The first-order valence-electron chi connectivity index (χ1n) is 8.32. The second-order valence-corrected chi connectivity index (χ2v) is 7.74. The van der Waals surface area contributed by atoms with Crippen LogP contribution in [0.25, 0.3) is 0 Å². The summed E-state index contributed by atoms with van der Waals surface area (Å²) < 4.78 is 28.9. The minimum absolute atomic E-state index is 0.185. The molecule has 1 unspecified atom stereocenters. The van der Waals surface area contributed by atoms with Crippen LogP contribution in [0.2, 0.25) is 0 Å². The lowest BCUT2D eigenvalue weighted by molar-refractivity contribution is -0.145. The molecule has 1 aromatic carbocycles. The van der Waals surface area contributed by atoms with Gasteiger partial charge in [-0.05, 0) is 38.8 Å². The molecule has 0 spiro atoms. The molecule has 1 aromatic rings. The van der Waals surface area contributed by atoms with E-state index in [4.69, 9.17) is 13.8 Å². The number of hydrogen-bond acceptors (Lipinski definition) is 6. The number of benzene rings is 1. The number of methoxy groups -OCH3 is 1. The summed E-state index contributed by atoms with van der Waals surface area (Å²) in [6.07, 6.45) is 0.690. The lowest BCUT2D eigenvalue weighted by Crippen LogP contribution is -2.45. The number of esters is 1. The molecule has 0 radical (unpaired) electrons.